The van der Waals surface area contributed by atoms with Gasteiger partial charge >= 0.3 is 0 Å². The fraction of sp³-hybridized carbons (Fsp3) is 0.0625. The number of carbonyl (C=O) groups excluding carboxylic acids is 1. The summed E-state index contributed by atoms with van der Waals surface area (Å²) < 4.78 is 2.26. The van der Waals surface area contributed by atoms with Crippen molar-refractivity contribution in [2.45, 2.75) is 6.42 Å². The number of hydrogen-bond donors (Lipinski definition) is 0. The summed E-state index contributed by atoms with van der Waals surface area (Å²) in [6.07, 6.45) is 0.476. The maximum Gasteiger partial charge on any atom is 0.168 e. The van der Waals surface area contributed by atoms with Crippen molar-refractivity contribution in [2.24, 2.45) is 0 Å². The molecule has 0 aliphatic heterocycles. The Morgan fingerprint density at radius 3 is 2.63 bits per heavy atom. The maximum atomic E-state index is 12.4. The van der Waals surface area contributed by atoms with Crippen LogP contribution in [0.25, 0.3) is 10.1 Å². The van der Waals surface area contributed by atoms with Gasteiger partial charge in [-0.05, 0) is 51.1 Å². The van der Waals surface area contributed by atoms with E-state index >= 15 is 0 Å². The zero-order valence-electron chi connectivity index (χ0n) is 10.1. The van der Waals surface area contributed by atoms with Crippen LogP contribution in [0.2, 0.25) is 0 Å². The van der Waals surface area contributed by atoms with Crippen molar-refractivity contribution < 1.29 is 4.79 Å². The maximum absolute atomic E-state index is 12.4. The molecular formula is C16H11IOS. The molecule has 1 aromatic heterocycles. The van der Waals surface area contributed by atoms with Crippen LogP contribution >= 0.6 is 33.9 Å². The summed E-state index contributed by atoms with van der Waals surface area (Å²) in [5, 5.41) is 3.30. The fourth-order valence-corrected chi connectivity index (χ4v) is 3.78. The molecule has 3 rings (SSSR count). The number of carbonyl (C=O) groups is 1. The van der Waals surface area contributed by atoms with Gasteiger partial charge in [-0.1, -0.05) is 36.4 Å². The van der Waals surface area contributed by atoms with E-state index in [2.05, 4.69) is 40.1 Å². The van der Waals surface area contributed by atoms with E-state index in [-0.39, 0.29) is 5.78 Å². The monoisotopic (exact) mass is 378 g/mol. The van der Waals surface area contributed by atoms with Crippen LogP contribution in [0, 0.1) is 3.57 Å². The first-order chi connectivity index (χ1) is 9.25. The average Bonchev–Trinajstić information content (AvgIpc) is 2.83. The molecule has 0 bridgehead atoms. The first-order valence-corrected chi connectivity index (χ1v) is 7.94. The van der Waals surface area contributed by atoms with Gasteiger partial charge in [-0.2, -0.15) is 0 Å². The Kier molecular flexibility index (Phi) is 3.66. The van der Waals surface area contributed by atoms with Gasteiger partial charge in [0.2, 0.25) is 0 Å². The molecule has 94 valence electrons. The Morgan fingerprint density at radius 1 is 1.05 bits per heavy atom. The van der Waals surface area contributed by atoms with Crippen molar-refractivity contribution in [2.75, 3.05) is 0 Å². The molecule has 2 aromatic carbocycles. The molecule has 1 heterocycles. The zero-order chi connectivity index (χ0) is 13.2. The minimum atomic E-state index is 0.188. The molecule has 0 saturated carbocycles. The largest absolute Gasteiger partial charge is 0.294 e. The highest BCUT2D eigenvalue weighted by molar-refractivity contribution is 14.1. The Morgan fingerprint density at radius 2 is 1.79 bits per heavy atom. The molecule has 0 spiro atoms. The summed E-state index contributed by atoms with van der Waals surface area (Å²) in [5.41, 5.74) is 1.95. The summed E-state index contributed by atoms with van der Waals surface area (Å²) in [4.78, 5) is 12.4. The molecule has 19 heavy (non-hydrogen) atoms. The van der Waals surface area contributed by atoms with Gasteiger partial charge in [0.1, 0.15) is 0 Å². The lowest BCUT2D eigenvalue weighted by molar-refractivity contribution is 0.0992. The van der Waals surface area contributed by atoms with Crippen molar-refractivity contribution in [3.63, 3.8) is 0 Å². The highest BCUT2D eigenvalue weighted by atomic mass is 127. The van der Waals surface area contributed by atoms with Crippen LogP contribution in [-0.2, 0) is 6.42 Å². The van der Waals surface area contributed by atoms with Crippen molar-refractivity contribution in [1.82, 2.24) is 0 Å². The zero-order valence-corrected chi connectivity index (χ0v) is 13.1. The van der Waals surface area contributed by atoms with E-state index in [1.165, 1.54) is 10.1 Å². The van der Waals surface area contributed by atoms with Crippen LogP contribution in [0.4, 0.5) is 0 Å². The Labute approximate surface area is 129 Å². The van der Waals surface area contributed by atoms with Gasteiger partial charge in [0.15, 0.2) is 5.78 Å². The molecule has 0 atom stereocenters. The molecule has 0 N–H and O–H groups in total. The SMILES string of the molecule is O=C(Cc1csc2ccccc12)c1ccccc1I. The molecule has 0 aliphatic carbocycles. The smallest absolute Gasteiger partial charge is 0.168 e. The fourth-order valence-electron chi connectivity index (χ4n) is 2.13. The second-order valence-corrected chi connectivity index (χ2v) is 6.41. The molecule has 0 amide bonds. The average molecular weight is 378 g/mol. The predicted octanol–water partition coefficient (Wildman–Crippen LogP) is 4.93. The van der Waals surface area contributed by atoms with Gasteiger partial charge in [0.25, 0.3) is 0 Å². The molecule has 0 unspecified atom stereocenters. The number of hydrogen-bond acceptors (Lipinski definition) is 2. The van der Waals surface area contributed by atoms with Crippen LogP contribution in [0.15, 0.2) is 53.9 Å². The second kappa shape index (κ2) is 5.43. The van der Waals surface area contributed by atoms with Crippen molar-refractivity contribution in [1.29, 1.82) is 0 Å². The summed E-state index contributed by atoms with van der Waals surface area (Å²) in [6, 6.07) is 16.0. The van der Waals surface area contributed by atoms with Crippen LogP contribution in [0.3, 0.4) is 0 Å². The quantitative estimate of drug-likeness (QED) is 0.467. The number of Topliss-reactive ketones (excluding diaryl/α,β-unsaturated/α-hetero) is 1. The van der Waals surface area contributed by atoms with E-state index < -0.39 is 0 Å². The predicted molar refractivity (Wildman–Crippen MR) is 89.0 cm³/mol. The third-order valence-corrected chi connectivity index (χ3v) is 5.04. The Balaban J connectivity index is 1.94. The molecule has 0 aliphatic rings. The third-order valence-electron chi connectivity index (χ3n) is 3.09. The molecule has 0 radical (unpaired) electrons. The standard InChI is InChI=1S/C16H11IOS/c17-14-7-3-1-6-13(14)15(18)9-11-10-19-16-8-4-2-5-12(11)16/h1-8,10H,9H2. The second-order valence-electron chi connectivity index (χ2n) is 4.34. The minimum Gasteiger partial charge on any atom is -0.294 e. The van der Waals surface area contributed by atoms with E-state index in [0.717, 1.165) is 14.7 Å². The van der Waals surface area contributed by atoms with Gasteiger partial charge in [-0.3, -0.25) is 4.79 Å². The van der Waals surface area contributed by atoms with Crippen LogP contribution in [0.5, 0.6) is 0 Å². The first-order valence-electron chi connectivity index (χ1n) is 5.98. The highest BCUT2D eigenvalue weighted by Gasteiger charge is 2.12. The van der Waals surface area contributed by atoms with Crippen molar-refractivity contribution >= 4 is 49.8 Å². The van der Waals surface area contributed by atoms with Crippen molar-refractivity contribution in [3.8, 4) is 0 Å². The van der Waals surface area contributed by atoms with Gasteiger partial charge in [0, 0.05) is 20.3 Å². The molecular weight excluding hydrogens is 367 g/mol. The Bertz CT molecular complexity index is 745. The van der Waals surface area contributed by atoms with Gasteiger partial charge in [0.05, 0.1) is 0 Å². The summed E-state index contributed by atoms with van der Waals surface area (Å²) in [7, 11) is 0. The van der Waals surface area contributed by atoms with E-state index in [1.807, 2.05) is 36.4 Å². The number of fused-ring (bicyclic) bond motifs is 1. The highest BCUT2D eigenvalue weighted by Crippen LogP contribution is 2.27. The minimum absolute atomic E-state index is 0.188. The summed E-state index contributed by atoms with van der Waals surface area (Å²) in [5.74, 6) is 0.188. The number of rotatable bonds is 3. The molecule has 3 aromatic rings. The topological polar surface area (TPSA) is 17.1 Å². The Hall–Kier alpha value is -1.20. The van der Waals surface area contributed by atoms with Crippen LogP contribution in [0.1, 0.15) is 15.9 Å². The lowest BCUT2D eigenvalue weighted by Crippen LogP contribution is -2.05. The third kappa shape index (κ3) is 2.58. The van der Waals surface area contributed by atoms with Crippen molar-refractivity contribution in [3.05, 3.63) is 68.6 Å². The van der Waals surface area contributed by atoms with E-state index in [4.69, 9.17) is 0 Å². The number of thiophene rings is 1. The normalized spacial score (nSPS) is 10.8. The first kappa shape index (κ1) is 12.8. The lowest BCUT2D eigenvalue weighted by Gasteiger charge is -2.03. The number of halogens is 1. The molecule has 1 nitrogen and oxygen atoms in total. The lowest BCUT2D eigenvalue weighted by atomic mass is 10.0. The van der Waals surface area contributed by atoms with E-state index in [0.29, 0.717) is 6.42 Å². The molecule has 3 heteroatoms. The van der Waals surface area contributed by atoms with Gasteiger partial charge in [-0.25, -0.2) is 0 Å². The number of ketones is 1. The van der Waals surface area contributed by atoms with Crippen LogP contribution < -0.4 is 0 Å². The van der Waals surface area contributed by atoms with Gasteiger partial charge < -0.3 is 0 Å². The van der Waals surface area contributed by atoms with Crippen LogP contribution in [-0.4, -0.2) is 5.78 Å². The van der Waals surface area contributed by atoms with E-state index in [9.17, 15) is 4.79 Å². The molecule has 0 fully saturated rings. The summed E-state index contributed by atoms with van der Waals surface area (Å²) >= 11 is 3.92. The number of benzene rings is 2. The van der Waals surface area contributed by atoms with E-state index in [1.54, 1.807) is 11.3 Å². The van der Waals surface area contributed by atoms with Gasteiger partial charge in [-0.15, -0.1) is 11.3 Å². The molecule has 0 saturated heterocycles. The summed E-state index contributed by atoms with van der Waals surface area (Å²) in [6.45, 7) is 0.